The zero-order valence-corrected chi connectivity index (χ0v) is 11.9. The third kappa shape index (κ3) is 2.44. The van der Waals surface area contributed by atoms with Crippen LogP contribution in [0.5, 0.6) is 0 Å². The van der Waals surface area contributed by atoms with E-state index in [1.807, 2.05) is 36.4 Å². The van der Waals surface area contributed by atoms with E-state index < -0.39 is 0 Å². The normalized spacial score (nSPS) is 20.5. The number of benzene rings is 2. The van der Waals surface area contributed by atoms with Crippen molar-refractivity contribution in [1.82, 2.24) is 0 Å². The van der Waals surface area contributed by atoms with Gasteiger partial charge in [-0.05, 0) is 35.2 Å². The Labute approximate surface area is 123 Å². The highest BCUT2D eigenvalue weighted by molar-refractivity contribution is 6.30. The highest BCUT2D eigenvalue weighted by Gasteiger charge is 2.33. The first-order chi connectivity index (χ1) is 9.65. The Morgan fingerprint density at radius 2 is 1.90 bits per heavy atom. The molecule has 1 aliphatic carbocycles. The predicted molar refractivity (Wildman–Crippen MR) is 78.9 cm³/mol. The number of carbonyl (C=O) groups excluding carboxylic acids is 1. The van der Waals surface area contributed by atoms with Crippen LogP contribution in [0.1, 0.15) is 42.1 Å². The van der Waals surface area contributed by atoms with E-state index in [1.54, 1.807) is 0 Å². The Kier molecular flexibility index (Phi) is 3.49. The quantitative estimate of drug-likeness (QED) is 0.761. The molecule has 0 saturated heterocycles. The van der Waals surface area contributed by atoms with E-state index >= 15 is 0 Å². The molecule has 0 heterocycles. The summed E-state index contributed by atoms with van der Waals surface area (Å²) in [7, 11) is 0. The average molecular weight is 287 g/mol. The fourth-order valence-corrected chi connectivity index (χ4v) is 3.10. The van der Waals surface area contributed by atoms with E-state index in [0.29, 0.717) is 5.02 Å². The van der Waals surface area contributed by atoms with Crippen molar-refractivity contribution < 1.29 is 9.53 Å². The molecular weight excluding hydrogens is 272 g/mol. The van der Waals surface area contributed by atoms with Gasteiger partial charge in [-0.15, -0.1) is 0 Å². The van der Waals surface area contributed by atoms with Crippen LogP contribution in [0.4, 0.5) is 0 Å². The third-order valence-corrected chi connectivity index (χ3v) is 3.97. The van der Waals surface area contributed by atoms with Gasteiger partial charge in [-0.3, -0.25) is 4.79 Å². The lowest BCUT2D eigenvalue weighted by Gasteiger charge is -2.12. The average Bonchev–Trinajstić information content (AvgIpc) is 2.77. The van der Waals surface area contributed by atoms with Crippen LogP contribution in [0.2, 0.25) is 5.02 Å². The molecule has 2 aromatic carbocycles. The largest absolute Gasteiger partial charge is 0.458 e. The summed E-state index contributed by atoms with van der Waals surface area (Å²) in [6, 6.07) is 16.1. The maximum atomic E-state index is 11.3. The van der Waals surface area contributed by atoms with Crippen molar-refractivity contribution in [1.29, 1.82) is 0 Å². The first-order valence-electron chi connectivity index (χ1n) is 6.66. The third-order valence-electron chi connectivity index (χ3n) is 3.73. The van der Waals surface area contributed by atoms with Gasteiger partial charge in [0.15, 0.2) is 0 Å². The van der Waals surface area contributed by atoms with E-state index in [0.717, 1.165) is 12.0 Å². The molecule has 3 heteroatoms. The lowest BCUT2D eigenvalue weighted by atomic mass is 9.93. The van der Waals surface area contributed by atoms with Crippen molar-refractivity contribution in [2.24, 2.45) is 0 Å². The van der Waals surface area contributed by atoms with E-state index in [2.05, 4.69) is 12.1 Å². The second kappa shape index (κ2) is 5.29. The molecule has 0 spiro atoms. The standard InChI is InChI=1S/C17H15ClO2/c1-11(19)20-17-10-15(12-5-3-2-4-6-12)14-8-7-13(18)9-16(14)17/h2-9,15,17H,10H2,1H3/t15-,17+/m0/s1. The molecule has 2 atom stereocenters. The number of carbonyl (C=O) groups is 1. The summed E-state index contributed by atoms with van der Waals surface area (Å²) in [6.07, 6.45) is 0.575. The zero-order valence-electron chi connectivity index (χ0n) is 11.2. The van der Waals surface area contributed by atoms with Crippen molar-refractivity contribution in [3.63, 3.8) is 0 Å². The van der Waals surface area contributed by atoms with Crippen LogP contribution in [0.25, 0.3) is 0 Å². The van der Waals surface area contributed by atoms with Gasteiger partial charge in [0.2, 0.25) is 0 Å². The number of fused-ring (bicyclic) bond motifs is 1. The van der Waals surface area contributed by atoms with Crippen molar-refractivity contribution >= 4 is 17.6 Å². The first kappa shape index (κ1) is 13.2. The van der Waals surface area contributed by atoms with Crippen molar-refractivity contribution in [2.45, 2.75) is 25.4 Å². The summed E-state index contributed by atoms with van der Waals surface area (Å²) in [5.74, 6) is 0.00227. The van der Waals surface area contributed by atoms with Gasteiger partial charge >= 0.3 is 5.97 Å². The second-order valence-electron chi connectivity index (χ2n) is 5.07. The summed E-state index contributed by atoms with van der Waals surface area (Å²) in [5.41, 5.74) is 3.47. The molecule has 1 aliphatic rings. The van der Waals surface area contributed by atoms with Crippen LogP contribution in [0.15, 0.2) is 48.5 Å². The fourth-order valence-electron chi connectivity index (χ4n) is 2.92. The molecule has 0 saturated carbocycles. The number of esters is 1. The number of hydrogen-bond acceptors (Lipinski definition) is 2. The first-order valence-corrected chi connectivity index (χ1v) is 7.04. The molecule has 20 heavy (non-hydrogen) atoms. The molecule has 0 fully saturated rings. The van der Waals surface area contributed by atoms with Crippen LogP contribution >= 0.6 is 11.6 Å². The Hall–Kier alpha value is -1.80. The summed E-state index contributed by atoms with van der Waals surface area (Å²) in [4.78, 5) is 11.3. The van der Waals surface area contributed by atoms with Gasteiger partial charge in [0, 0.05) is 17.9 Å². The van der Waals surface area contributed by atoms with E-state index in [1.165, 1.54) is 18.1 Å². The van der Waals surface area contributed by atoms with Crippen LogP contribution in [0, 0.1) is 0 Å². The molecule has 0 amide bonds. The fraction of sp³-hybridized carbons (Fsp3) is 0.235. The Bertz CT molecular complexity index is 637. The number of rotatable bonds is 2. The van der Waals surface area contributed by atoms with Crippen molar-refractivity contribution in [3.05, 3.63) is 70.2 Å². The molecular formula is C17H15ClO2. The van der Waals surface area contributed by atoms with Crippen molar-refractivity contribution in [3.8, 4) is 0 Å². The Morgan fingerprint density at radius 3 is 2.60 bits per heavy atom. The summed E-state index contributed by atoms with van der Waals surface area (Å²) < 4.78 is 5.45. The van der Waals surface area contributed by atoms with Gasteiger partial charge in [0.05, 0.1) is 0 Å². The minimum atomic E-state index is -0.255. The van der Waals surface area contributed by atoms with Gasteiger partial charge in [-0.1, -0.05) is 48.0 Å². The number of halogens is 1. The van der Waals surface area contributed by atoms with E-state index in [9.17, 15) is 4.79 Å². The molecule has 2 aromatic rings. The van der Waals surface area contributed by atoms with Crippen LogP contribution < -0.4 is 0 Å². The summed E-state index contributed by atoms with van der Waals surface area (Å²) in [5, 5.41) is 0.676. The topological polar surface area (TPSA) is 26.3 Å². The molecule has 0 bridgehead atoms. The number of hydrogen-bond donors (Lipinski definition) is 0. The molecule has 0 N–H and O–H groups in total. The molecule has 102 valence electrons. The second-order valence-corrected chi connectivity index (χ2v) is 5.51. The highest BCUT2D eigenvalue weighted by atomic mass is 35.5. The summed E-state index contributed by atoms with van der Waals surface area (Å²) >= 11 is 6.08. The molecule has 0 aliphatic heterocycles. The minimum Gasteiger partial charge on any atom is -0.458 e. The summed E-state index contributed by atoms with van der Waals surface area (Å²) in [6.45, 7) is 1.44. The molecule has 0 unspecified atom stereocenters. The lowest BCUT2D eigenvalue weighted by molar-refractivity contribution is -0.146. The van der Waals surface area contributed by atoms with E-state index in [4.69, 9.17) is 16.3 Å². The molecule has 0 radical (unpaired) electrons. The smallest absolute Gasteiger partial charge is 0.303 e. The monoisotopic (exact) mass is 286 g/mol. The predicted octanol–water partition coefficient (Wildman–Crippen LogP) is 4.48. The van der Waals surface area contributed by atoms with Gasteiger partial charge in [-0.2, -0.15) is 0 Å². The molecule has 0 aromatic heterocycles. The van der Waals surface area contributed by atoms with Gasteiger partial charge < -0.3 is 4.74 Å². The van der Waals surface area contributed by atoms with Crippen LogP contribution in [-0.4, -0.2) is 5.97 Å². The Morgan fingerprint density at radius 1 is 1.15 bits per heavy atom. The van der Waals surface area contributed by atoms with Crippen LogP contribution in [0.3, 0.4) is 0 Å². The lowest BCUT2D eigenvalue weighted by Crippen LogP contribution is -2.05. The molecule has 3 rings (SSSR count). The van der Waals surface area contributed by atoms with E-state index in [-0.39, 0.29) is 18.0 Å². The van der Waals surface area contributed by atoms with Gasteiger partial charge in [-0.25, -0.2) is 0 Å². The SMILES string of the molecule is CC(=O)O[C@@H]1C[C@@H](c2ccccc2)c2ccc(Cl)cc21. The number of ether oxygens (including phenoxy) is 1. The maximum absolute atomic E-state index is 11.3. The van der Waals surface area contributed by atoms with Crippen molar-refractivity contribution in [2.75, 3.05) is 0 Å². The minimum absolute atomic E-state index is 0.202. The zero-order chi connectivity index (χ0) is 14.1. The highest BCUT2D eigenvalue weighted by Crippen LogP contribution is 2.46. The Balaban J connectivity index is 2.02. The van der Waals surface area contributed by atoms with Gasteiger partial charge in [0.25, 0.3) is 0 Å². The van der Waals surface area contributed by atoms with Crippen LogP contribution in [-0.2, 0) is 9.53 Å². The molecule has 2 nitrogen and oxygen atoms in total. The maximum Gasteiger partial charge on any atom is 0.303 e. The van der Waals surface area contributed by atoms with Gasteiger partial charge in [0.1, 0.15) is 6.10 Å².